The molecule has 0 aliphatic rings. The van der Waals surface area contributed by atoms with Crippen molar-refractivity contribution in [2.24, 2.45) is 0 Å². The van der Waals surface area contributed by atoms with E-state index >= 15 is 0 Å². The van der Waals surface area contributed by atoms with E-state index in [9.17, 15) is 0 Å². The molecule has 0 saturated carbocycles. The van der Waals surface area contributed by atoms with Crippen LogP contribution in [0.1, 0.15) is 12.2 Å². The Kier molecular flexibility index (Phi) is 6.03. The van der Waals surface area contributed by atoms with Crippen molar-refractivity contribution < 1.29 is 0 Å². The average molecular weight is 262 g/mol. The Morgan fingerprint density at radius 3 is 2.68 bits per heavy atom. The molecule has 0 spiro atoms. The zero-order valence-electron chi connectivity index (χ0n) is 12.1. The van der Waals surface area contributed by atoms with Crippen molar-refractivity contribution in [2.45, 2.75) is 13.3 Å². The zero-order chi connectivity index (χ0) is 14.3. The number of nitrogens with one attached hydrogen (secondary N) is 1. The van der Waals surface area contributed by atoms with Crippen molar-refractivity contribution in [3.8, 4) is 6.07 Å². The molecule has 0 fully saturated rings. The van der Waals surface area contributed by atoms with E-state index in [4.69, 9.17) is 5.26 Å². The lowest BCUT2D eigenvalue weighted by Gasteiger charge is -2.16. The molecule has 1 heterocycles. The third kappa shape index (κ3) is 5.53. The number of hydrogen-bond donors (Lipinski definition) is 1. The number of nitriles is 1. The van der Waals surface area contributed by atoms with Gasteiger partial charge >= 0.3 is 0 Å². The highest BCUT2D eigenvalue weighted by Gasteiger charge is 2.06. The standard InChI is InChI=1S/C13H22N6/c1-11-16-12(15-7-5-8-18(2)3)10-13(17-11)19(4)9-6-14/h10H,5,7-9H2,1-4H3,(H,15,16,17). The van der Waals surface area contributed by atoms with Gasteiger partial charge in [-0.25, -0.2) is 9.97 Å². The summed E-state index contributed by atoms with van der Waals surface area (Å²) in [5.74, 6) is 2.28. The third-order valence-corrected chi connectivity index (χ3v) is 2.61. The van der Waals surface area contributed by atoms with Crippen LogP contribution in [0, 0.1) is 18.3 Å². The summed E-state index contributed by atoms with van der Waals surface area (Å²) in [6.07, 6.45) is 1.05. The third-order valence-electron chi connectivity index (χ3n) is 2.61. The van der Waals surface area contributed by atoms with Gasteiger partial charge in [-0.1, -0.05) is 0 Å². The fraction of sp³-hybridized carbons (Fsp3) is 0.615. The molecule has 1 aromatic rings. The van der Waals surface area contributed by atoms with Crippen LogP contribution in [0.5, 0.6) is 0 Å². The lowest BCUT2D eigenvalue weighted by molar-refractivity contribution is 0.405. The zero-order valence-corrected chi connectivity index (χ0v) is 12.1. The van der Waals surface area contributed by atoms with Crippen LogP contribution in [0.25, 0.3) is 0 Å². The molecule has 19 heavy (non-hydrogen) atoms. The molecule has 1 aromatic heterocycles. The van der Waals surface area contributed by atoms with Crippen LogP contribution in [0.15, 0.2) is 6.07 Å². The Morgan fingerprint density at radius 1 is 1.32 bits per heavy atom. The largest absolute Gasteiger partial charge is 0.370 e. The van der Waals surface area contributed by atoms with Crippen LogP contribution < -0.4 is 10.2 Å². The predicted molar refractivity (Wildman–Crippen MR) is 77.3 cm³/mol. The smallest absolute Gasteiger partial charge is 0.134 e. The summed E-state index contributed by atoms with van der Waals surface area (Å²) < 4.78 is 0. The molecule has 0 saturated heterocycles. The van der Waals surface area contributed by atoms with Crippen molar-refractivity contribution in [1.29, 1.82) is 5.26 Å². The maximum absolute atomic E-state index is 8.71. The molecule has 0 bridgehead atoms. The monoisotopic (exact) mass is 262 g/mol. The molecule has 104 valence electrons. The summed E-state index contributed by atoms with van der Waals surface area (Å²) >= 11 is 0. The second kappa shape index (κ2) is 7.54. The molecule has 0 amide bonds. The molecule has 0 radical (unpaired) electrons. The van der Waals surface area contributed by atoms with Crippen molar-refractivity contribution in [1.82, 2.24) is 14.9 Å². The minimum absolute atomic E-state index is 0.316. The lowest BCUT2D eigenvalue weighted by Crippen LogP contribution is -2.20. The van der Waals surface area contributed by atoms with E-state index in [0.29, 0.717) is 12.4 Å². The average Bonchev–Trinajstić information content (AvgIpc) is 2.34. The van der Waals surface area contributed by atoms with Gasteiger partial charge in [0.15, 0.2) is 0 Å². The van der Waals surface area contributed by atoms with Crippen molar-refractivity contribution in [3.05, 3.63) is 11.9 Å². The maximum atomic E-state index is 8.71. The van der Waals surface area contributed by atoms with Gasteiger partial charge in [-0.15, -0.1) is 0 Å². The van der Waals surface area contributed by atoms with Crippen LogP contribution in [-0.2, 0) is 0 Å². The van der Waals surface area contributed by atoms with Gasteiger partial charge in [-0.05, 0) is 34.0 Å². The fourth-order valence-electron chi connectivity index (χ4n) is 1.64. The van der Waals surface area contributed by atoms with Crippen LogP contribution in [0.2, 0.25) is 0 Å². The first-order valence-corrected chi connectivity index (χ1v) is 6.35. The lowest BCUT2D eigenvalue weighted by atomic mass is 10.4. The maximum Gasteiger partial charge on any atom is 0.134 e. The van der Waals surface area contributed by atoms with Gasteiger partial charge in [0.25, 0.3) is 0 Å². The van der Waals surface area contributed by atoms with Crippen LogP contribution >= 0.6 is 0 Å². The van der Waals surface area contributed by atoms with Crippen LogP contribution in [-0.4, -0.2) is 55.6 Å². The highest BCUT2D eigenvalue weighted by molar-refractivity contribution is 5.49. The molecule has 6 heteroatoms. The van der Waals surface area contributed by atoms with Crippen LogP contribution in [0.4, 0.5) is 11.6 Å². The van der Waals surface area contributed by atoms with Gasteiger partial charge in [0, 0.05) is 19.7 Å². The summed E-state index contributed by atoms with van der Waals surface area (Å²) in [5.41, 5.74) is 0. The Morgan fingerprint density at radius 2 is 2.05 bits per heavy atom. The van der Waals surface area contributed by atoms with E-state index < -0.39 is 0 Å². The first kappa shape index (κ1) is 15.2. The molecule has 1 rings (SSSR count). The normalized spacial score (nSPS) is 10.3. The molecule has 1 N–H and O–H groups in total. The van der Waals surface area contributed by atoms with Crippen molar-refractivity contribution >= 4 is 11.6 Å². The van der Waals surface area contributed by atoms with E-state index in [1.54, 1.807) is 4.90 Å². The minimum Gasteiger partial charge on any atom is -0.370 e. The SMILES string of the molecule is Cc1nc(NCCCN(C)C)cc(N(C)CC#N)n1. The predicted octanol–water partition coefficient (Wildman–Crippen LogP) is 1.11. The fourth-order valence-corrected chi connectivity index (χ4v) is 1.64. The van der Waals surface area contributed by atoms with E-state index in [2.05, 4.69) is 40.3 Å². The second-order valence-corrected chi connectivity index (χ2v) is 4.76. The van der Waals surface area contributed by atoms with Crippen LogP contribution in [0.3, 0.4) is 0 Å². The Balaban J connectivity index is 2.61. The minimum atomic E-state index is 0.316. The molecule has 0 aromatic carbocycles. The summed E-state index contributed by atoms with van der Waals surface area (Å²) in [6, 6.07) is 3.98. The Hall–Kier alpha value is -1.87. The van der Waals surface area contributed by atoms with E-state index in [1.165, 1.54) is 0 Å². The van der Waals surface area contributed by atoms with Gasteiger partial charge < -0.3 is 15.1 Å². The highest BCUT2D eigenvalue weighted by Crippen LogP contribution is 2.14. The first-order chi connectivity index (χ1) is 9.02. The van der Waals surface area contributed by atoms with Gasteiger partial charge in [0.1, 0.15) is 24.0 Å². The van der Waals surface area contributed by atoms with E-state index in [1.807, 2.05) is 20.0 Å². The number of rotatable bonds is 7. The molecule has 0 unspecified atom stereocenters. The first-order valence-electron chi connectivity index (χ1n) is 6.35. The summed E-state index contributed by atoms with van der Waals surface area (Å²) in [5, 5.41) is 12.0. The molecule has 0 aliphatic heterocycles. The summed E-state index contributed by atoms with van der Waals surface area (Å²) in [6.45, 7) is 4.08. The van der Waals surface area contributed by atoms with Gasteiger partial charge in [-0.3, -0.25) is 0 Å². The molecular weight excluding hydrogens is 240 g/mol. The molecule has 0 aliphatic carbocycles. The quantitative estimate of drug-likeness (QED) is 0.586. The van der Waals surface area contributed by atoms with Crippen molar-refractivity contribution in [3.63, 3.8) is 0 Å². The number of anilines is 2. The van der Waals surface area contributed by atoms with Gasteiger partial charge in [-0.2, -0.15) is 5.26 Å². The van der Waals surface area contributed by atoms with E-state index in [0.717, 1.165) is 31.1 Å². The molecule has 0 atom stereocenters. The number of aromatic nitrogens is 2. The Labute approximate surface area is 115 Å². The number of aryl methyl sites for hydroxylation is 1. The summed E-state index contributed by atoms with van der Waals surface area (Å²) in [4.78, 5) is 12.6. The second-order valence-electron chi connectivity index (χ2n) is 4.76. The Bertz CT molecular complexity index is 437. The molecule has 6 nitrogen and oxygen atoms in total. The summed E-state index contributed by atoms with van der Waals surface area (Å²) in [7, 11) is 5.97. The van der Waals surface area contributed by atoms with Gasteiger partial charge in [0.2, 0.25) is 0 Å². The van der Waals surface area contributed by atoms with E-state index in [-0.39, 0.29) is 0 Å². The van der Waals surface area contributed by atoms with Gasteiger partial charge in [0.05, 0.1) is 6.07 Å². The van der Waals surface area contributed by atoms with Crippen molar-refractivity contribution in [2.75, 3.05) is 51.0 Å². The highest BCUT2D eigenvalue weighted by atomic mass is 15.2. The topological polar surface area (TPSA) is 68.1 Å². The molecular formula is C13H22N6. The number of nitrogens with zero attached hydrogens (tertiary/aromatic N) is 5. The number of hydrogen-bond acceptors (Lipinski definition) is 6.